The number of thioether (sulfide) groups is 1. The molecule has 0 spiro atoms. The lowest BCUT2D eigenvalue weighted by Crippen LogP contribution is -2.02. The summed E-state index contributed by atoms with van der Waals surface area (Å²) in [5, 5.41) is 0.746. The summed E-state index contributed by atoms with van der Waals surface area (Å²) in [6.07, 6.45) is 3.21. The summed E-state index contributed by atoms with van der Waals surface area (Å²) < 4.78 is 6.61. The van der Waals surface area contributed by atoms with Crippen molar-refractivity contribution in [3.63, 3.8) is 0 Å². The number of hydrogen-bond acceptors (Lipinski definition) is 5. The largest absolute Gasteiger partial charge is 0.493 e. The molecule has 6 heteroatoms. The zero-order chi connectivity index (χ0) is 12.8. The van der Waals surface area contributed by atoms with Gasteiger partial charge in [-0.3, -0.25) is 0 Å². The molecule has 0 amide bonds. The van der Waals surface area contributed by atoms with Crippen LogP contribution in [0.15, 0.2) is 46.2 Å². The first kappa shape index (κ1) is 13.2. The Bertz CT molecular complexity index is 524. The first-order valence-corrected chi connectivity index (χ1v) is 7.11. The molecule has 2 aromatic rings. The van der Waals surface area contributed by atoms with Gasteiger partial charge in [-0.25, -0.2) is 9.97 Å². The van der Waals surface area contributed by atoms with Gasteiger partial charge in [0.1, 0.15) is 10.8 Å². The van der Waals surface area contributed by atoms with Crippen LogP contribution < -0.4 is 10.5 Å². The predicted molar refractivity (Wildman–Crippen MR) is 76.8 cm³/mol. The molecule has 0 unspecified atom stereocenters. The molecular formula is C12H12BrN3OS. The zero-order valence-corrected chi connectivity index (χ0v) is 11.9. The van der Waals surface area contributed by atoms with E-state index >= 15 is 0 Å². The number of halogens is 1. The summed E-state index contributed by atoms with van der Waals surface area (Å²) in [6, 6.07) is 7.75. The fourth-order valence-corrected chi connectivity index (χ4v) is 2.38. The summed E-state index contributed by atoms with van der Waals surface area (Å²) >= 11 is 4.93. The molecule has 0 atom stereocenters. The lowest BCUT2D eigenvalue weighted by Gasteiger charge is -2.06. The van der Waals surface area contributed by atoms with Gasteiger partial charge in [0, 0.05) is 22.6 Å². The van der Waals surface area contributed by atoms with Gasteiger partial charge in [-0.2, -0.15) is 0 Å². The molecule has 0 aliphatic heterocycles. The van der Waals surface area contributed by atoms with E-state index in [1.54, 1.807) is 12.4 Å². The third-order valence-corrected chi connectivity index (χ3v) is 3.53. The number of aromatic nitrogens is 2. The second-order valence-corrected chi connectivity index (χ2v) is 5.40. The van der Waals surface area contributed by atoms with E-state index in [2.05, 4.69) is 25.9 Å². The van der Waals surface area contributed by atoms with Crippen LogP contribution >= 0.6 is 27.7 Å². The lowest BCUT2D eigenvalue weighted by molar-refractivity contribution is 0.343. The molecular weight excluding hydrogens is 314 g/mol. The topological polar surface area (TPSA) is 61.0 Å². The average molecular weight is 326 g/mol. The molecule has 0 aliphatic carbocycles. The molecule has 0 radical (unpaired) electrons. The number of benzene rings is 1. The van der Waals surface area contributed by atoms with Crippen molar-refractivity contribution in [2.24, 2.45) is 0 Å². The highest BCUT2D eigenvalue weighted by Gasteiger charge is 2.01. The van der Waals surface area contributed by atoms with Gasteiger partial charge in [0.15, 0.2) is 5.82 Å². The van der Waals surface area contributed by atoms with Crippen molar-refractivity contribution in [1.82, 2.24) is 9.97 Å². The van der Waals surface area contributed by atoms with E-state index in [0.717, 1.165) is 21.0 Å². The lowest BCUT2D eigenvalue weighted by atomic mass is 10.3. The van der Waals surface area contributed by atoms with E-state index in [0.29, 0.717) is 12.4 Å². The second-order valence-electron chi connectivity index (χ2n) is 3.40. The van der Waals surface area contributed by atoms with Crippen molar-refractivity contribution in [3.05, 3.63) is 41.1 Å². The van der Waals surface area contributed by atoms with Gasteiger partial charge >= 0.3 is 0 Å². The summed E-state index contributed by atoms with van der Waals surface area (Å²) in [6.45, 7) is 0.594. The van der Waals surface area contributed by atoms with Crippen molar-refractivity contribution < 1.29 is 4.74 Å². The van der Waals surface area contributed by atoms with Crippen LogP contribution in [-0.2, 0) is 0 Å². The van der Waals surface area contributed by atoms with E-state index < -0.39 is 0 Å². The zero-order valence-electron chi connectivity index (χ0n) is 9.54. The monoisotopic (exact) mass is 325 g/mol. The van der Waals surface area contributed by atoms with E-state index in [4.69, 9.17) is 10.5 Å². The van der Waals surface area contributed by atoms with Gasteiger partial charge in [0.2, 0.25) is 0 Å². The Kier molecular flexibility index (Phi) is 4.83. The first-order chi connectivity index (χ1) is 8.75. The van der Waals surface area contributed by atoms with Crippen molar-refractivity contribution in [2.75, 3.05) is 18.1 Å². The first-order valence-electron chi connectivity index (χ1n) is 5.33. The number of hydrogen-bond donors (Lipinski definition) is 1. The fourth-order valence-electron chi connectivity index (χ4n) is 1.30. The van der Waals surface area contributed by atoms with Crippen molar-refractivity contribution in [3.8, 4) is 5.75 Å². The SMILES string of the molecule is Nc1nccnc1SCCOc1cccc(Br)c1. The van der Waals surface area contributed by atoms with Gasteiger partial charge in [0.05, 0.1) is 6.61 Å². The van der Waals surface area contributed by atoms with Gasteiger partial charge in [-0.1, -0.05) is 33.8 Å². The Labute approximate surface area is 118 Å². The summed E-state index contributed by atoms with van der Waals surface area (Å²) in [5.74, 6) is 2.08. The molecule has 0 fully saturated rings. The molecule has 1 aromatic heterocycles. The van der Waals surface area contributed by atoms with Gasteiger partial charge in [-0.05, 0) is 18.2 Å². The minimum atomic E-state index is 0.463. The standard InChI is InChI=1S/C12H12BrN3OS/c13-9-2-1-3-10(8-9)17-6-7-18-12-11(14)15-4-5-16-12/h1-5,8H,6-7H2,(H2,14,15). The molecule has 1 aromatic carbocycles. The summed E-state index contributed by atoms with van der Waals surface area (Å²) in [4.78, 5) is 8.12. The summed E-state index contributed by atoms with van der Waals surface area (Å²) in [5.41, 5.74) is 5.69. The maximum atomic E-state index is 5.69. The fraction of sp³-hybridized carbons (Fsp3) is 0.167. The molecule has 18 heavy (non-hydrogen) atoms. The molecule has 2 rings (SSSR count). The quantitative estimate of drug-likeness (QED) is 0.676. The normalized spacial score (nSPS) is 10.3. The third kappa shape index (κ3) is 3.89. The Balaban J connectivity index is 1.78. The Morgan fingerprint density at radius 3 is 2.89 bits per heavy atom. The number of ether oxygens (including phenoxy) is 1. The van der Waals surface area contributed by atoms with Crippen LogP contribution in [0.2, 0.25) is 0 Å². The molecule has 4 nitrogen and oxygen atoms in total. The number of nitrogen functional groups attached to an aromatic ring is 1. The number of nitrogens with two attached hydrogens (primary N) is 1. The van der Waals surface area contributed by atoms with Gasteiger partial charge in [-0.15, -0.1) is 0 Å². The molecule has 2 N–H and O–H groups in total. The smallest absolute Gasteiger partial charge is 0.156 e. The predicted octanol–water partition coefficient (Wildman–Crippen LogP) is 2.99. The van der Waals surface area contributed by atoms with Gasteiger partial charge < -0.3 is 10.5 Å². The Morgan fingerprint density at radius 1 is 1.28 bits per heavy atom. The molecule has 1 heterocycles. The number of nitrogens with zero attached hydrogens (tertiary/aromatic N) is 2. The highest BCUT2D eigenvalue weighted by molar-refractivity contribution is 9.10. The van der Waals surface area contributed by atoms with Gasteiger partial charge in [0.25, 0.3) is 0 Å². The van der Waals surface area contributed by atoms with Crippen LogP contribution in [-0.4, -0.2) is 22.3 Å². The van der Waals surface area contributed by atoms with Crippen molar-refractivity contribution in [2.45, 2.75) is 5.03 Å². The van der Waals surface area contributed by atoms with Crippen LogP contribution in [0.1, 0.15) is 0 Å². The van der Waals surface area contributed by atoms with Crippen LogP contribution in [0.5, 0.6) is 5.75 Å². The third-order valence-electron chi connectivity index (χ3n) is 2.08. The number of rotatable bonds is 5. The maximum Gasteiger partial charge on any atom is 0.156 e. The van der Waals surface area contributed by atoms with Crippen LogP contribution in [0.25, 0.3) is 0 Å². The molecule has 0 saturated heterocycles. The average Bonchev–Trinajstić information content (AvgIpc) is 2.37. The maximum absolute atomic E-state index is 5.69. The van der Waals surface area contributed by atoms with E-state index in [-0.39, 0.29) is 0 Å². The highest BCUT2D eigenvalue weighted by atomic mass is 79.9. The highest BCUT2D eigenvalue weighted by Crippen LogP contribution is 2.21. The second kappa shape index (κ2) is 6.61. The van der Waals surface area contributed by atoms with E-state index in [9.17, 15) is 0 Å². The van der Waals surface area contributed by atoms with E-state index in [1.165, 1.54) is 11.8 Å². The molecule has 0 aliphatic rings. The summed E-state index contributed by atoms with van der Waals surface area (Å²) in [7, 11) is 0. The number of anilines is 1. The van der Waals surface area contributed by atoms with E-state index in [1.807, 2.05) is 24.3 Å². The van der Waals surface area contributed by atoms with Crippen LogP contribution in [0, 0.1) is 0 Å². The van der Waals surface area contributed by atoms with Crippen molar-refractivity contribution >= 4 is 33.5 Å². The molecule has 0 saturated carbocycles. The van der Waals surface area contributed by atoms with Crippen LogP contribution in [0.3, 0.4) is 0 Å². The Morgan fingerprint density at radius 2 is 2.11 bits per heavy atom. The minimum Gasteiger partial charge on any atom is -0.493 e. The minimum absolute atomic E-state index is 0.463. The van der Waals surface area contributed by atoms with Crippen LogP contribution in [0.4, 0.5) is 5.82 Å². The van der Waals surface area contributed by atoms with Crippen molar-refractivity contribution in [1.29, 1.82) is 0 Å². The molecule has 94 valence electrons. The molecule has 0 bridgehead atoms. The Hall–Kier alpha value is -1.27.